The molecule has 1 atom stereocenters. The number of anilines is 1. The summed E-state index contributed by atoms with van der Waals surface area (Å²) in [4.78, 5) is 19.5. The molecule has 1 aromatic heterocycles. The smallest absolute Gasteiger partial charge is 0.259 e. The Morgan fingerprint density at radius 3 is 2.85 bits per heavy atom. The van der Waals surface area contributed by atoms with Crippen LogP contribution in [0.5, 0.6) is 0 Å². The summed E-state index contributed by atoms with van der Waals surface area (Å²) in [5.41, 5.74) is 3.30. The van der Waals surface area contributed by atoms with Gasteiger partial charge in [0.05, 0.1) is 17.4 Å². The SMILES string of the molecule is CSN1CCCC(c2cncc(N3C(=O)c4ccc(Cl)cc4C3(C)C)c2)C1. The molecule has 1 aromatic carbocycles. The van der Waals surface area contributed by atoms with Crippen LogP contribution in [0.2, 0.25) is 5.02 Å². The quantitative estimate of drug-likeness (QED) is 0.671. The number of fused-ring (bicyclic) bond motifs is 1. The largest absolute Gasteiger partial charge is 0.297 e. The van der Waals surface area contributed by atoms with Crippen molar-refractivity contribution < 1.29 is 4.79 Å². The highest BCUT2D eigenvalue weighted by molar-refractivity contribution is 7.96. The molecule has 1 amide bonds. The number of hydrogen-bond donors (Lipinski definition) is 0. The van der Waals surface area contributed by atoms with Crippen molar-refractivity contribution in [2.75, 3.05) is 24.2 Å². The van der Waals surface area contributed by atoms with Crippen LogP contribution >= 0.6 is 23.5 Å². The average Bonchev–Trinajstić information content (AvgIpc) is 2.87. The normalized spacial score (nSPS) is 22.1. The lowest BCUT2D eigenvalue weighted by molar-refractivity contribution is 0.0982. The number of hydrogen-bond acceptors (Lipinski definition) is 4. The zero-order valence-corrected chi connectivity index (χ0v) is 17.5. The number of carbonyl (C=O) groups excluding carboxylic acids is 1. The molecule has 27 heavy (non-hydrogen) atoms. The van der Waals surface area contributed by atoms with Gasteiger partial charge in [-0.2, -0.15) is 0 Å². The summed E-state index contributed by atoms with van der Waals surface area (Å²) in [6.45, 7) is 6.30. The first-order valence-corrected chi connectivity index (χ1v) is 10.9. The molecule has 1 fully saturated rings. The predicted molar refractivity (Wildman–Crippen MR) is 113 cm³/mol. The average molecular weight is 402 g/mol. The molecule has 6 heteroatoms. The highest BCUT2D eigenvalue weighted by Gasteiger charge is 2.44. The van der Waals surface area contributed by atoms with Crippen molar-refractivity contribution in [3.05, 3.63) is 58.4 Å². The second kappa shape index (κ2) is 7.12. The van der Waals surface area contributed by atoms with E-state index in [1.54, 1.807) is 24.2 Å². The number of pyridine rings is 1. The Morgan fingerprint density at radius 1 is 1.26 bits per heavy atom. The lowest BCUT2D eigenvalue weighted by Crippen LogP contribution is -2.39. The molecule has 4 nitrogen and oxygen atoms in total. The van der Waals surface area contributed by atoms with Crippen LogP contribution in [0.15, 0.2) is 36.7 Å². The summed E-state index contributed by atoms with van der Waals surface area (Å²) >= 11 is 8.00. The van der Waals surface area contributed by atoms with Crippen molar-refractivity contribution >= 4 is 35.1 Å². The molecule has 0 saturated carbocycles. The van der Waals surface area contributed by atoms with Crippen molar-refractivity contribution in [3.8, 4) is 0 Å². The number of halogens is 1. The van der Waals surface area contributed by atoms with E-state index in [0.717, 1.165) is 36.3 Å². The fraction of sp³-hybridized carbons (Fsp3) is 0.429. The molecule has 1 unspecified atom stereocenters. The number of carbonyl (C=O) groups is 1. The Hall–Kier alpha value is -1.56. The van der Waals surface area contributed by atoms with Gasteiger partial charge in [0.2, 0.25) is 0 Å². The Morgan fingerprint density at radius 2 is 2.07 bits per heavy atom. The molecule has 4 rings (SSSR count). The maximum absolute atomic E-state index is 13.2. The Bertz CT molecular complexity index is 885. The number of nitrogens with zero attached hydrogens (tertiary/aromatic N) is 3. The van der Waals surface area contributed by atoms with Gasteiger partial charge in [-0.3, -0.25) is 19.0 Å². The van der Waals surface area contributed by atoms with Crippen molar-refractivity contribution in [2.24, 2.45) is 0 Å². The van der Waals surface area contributed by atoms with E-state index >= 15 is 0 Å². The van der Waals surface area contributed by atoms with Crippen molar-refractivity contribution in [1.29, 1.82) is 0 Å². The van der Waals surface area contributed by atoms with Gasteiger partial charge in [0.15, 0.2) is 0 Å². The van der Waals surface area contributed by atoms with Gasteiger partial charge >= 0.3 is 0 Å². The van der Waals surface area contributed by atoms with E-state index in [0.29, 0.717) is 10.9 Å². The van der Waals surface area contributed by atoms with E-state index in [4.69, 9.17) is 11.6 Å². The summed E-state index contributed by atoms with van der Waals surface area (Å²) in [5, 5.41) is 0.655. The van der Waals surface area contributed by atoms with E-state index in [1.807, 2.05) is 23.2 Å². The maximum Gasteiger partial charge on any atom is 0.259 e. The first-order chi connectivity index (χ1) is 12.9. The summed E-state index contributed by atoms with van der Waals surface area (Å²) in [6.07, 6.45) is 8.23. The number of rotatable bonds is 3. The molecule has 0 bridgehead atoms. The summed E-state index contributed by atoms with van der Waals surface area (Å²) in [5.74, 6) is 0.469. The molecule has 0 radical (unpaired) electrons. The fourth-order valence-electron chi connectivity index (χ4n) is 4.31. The zero-order chi connectivity index (χ0) is 19.2. The molecule has 142 valence electrons. The van der Waals surface area contributed by atoms with Crippen LogP contribution in [0, 0.1) is 0 Å². The van der Waals surface area contributed by atoms with Crippen LogP contribution in [0.3, 0.4) is 0 Å². The molecule has 2 aliphatic rings. The summed E-state index contributed by atoms with van der Waals surface area (Å²) in [6, 6.07) is 7.67. The second-order valence-electron chi connectivity index (χ2n) is 7.78. The van der Waals surface area contributed by atoms with Gasteiger partial charge in [0.1, 0.15) is 0 Å². The molecule has 0 aliphatic carbocycles. The third-order valence-electron chi connectivity index (χ3n) is 5.75. The van der Waals surface area contributed by atoms with Crippen LogP contribution in [-0.4, -0.2) is 34.5 Å². The number of benzene rings is 1. The monoisotopic (exact) mass is 401 g/mol. The van der Waals surface area contributed by atoms with Crippen LogP contribution < -0.4 is 4.90 Å². The lowest BCUT2D eigenvalue weighted by atomic mass is 9.91. The van der Waals surface area contributed by atoms with E-state index in [9.17, 15) is 4.79 Å². The third-order valence-corrected chi connectivity index (χ3v) is 6.83. The van der Waals surface area contributed by atoms with Gasteiger partial charge in [0.25, 0.3) is 5.91 Å². The fourth-order valence-corrected chi connectivity index (χ4v) is 5.13. The van der Waals surface area contributed by atoms with Crippen molar-refractivity contribution in [3.63, 3.8) is 0 Å². The topological polar surface area (TPSA) is 36.4 Å². The van der Waals surface area contributed by atoms with Crippen LogP contribution in [0.4, 0.5) is 5.69 Å². The Kier molecular flexibility index (Phi) is 4.95. The first-order valence-electron chi connectivity index (χ1n) is 9.30. The van der Waals surface area contributed by atoms with Gasteiger partial charge in [0, 0.05) is 29.9 Å². The molecular weight excluding hydrogens is 378 g/mol. The summed E-state index contributed by atoms with van der Waals surface area (Å²) in [7, 11) is 0. The van der Waals surface area contributed by atoms with Crippen molar-refractivity contribution in [2.45, 2.75) is 38.1 Å². The van der Waals surface area contributed by atoms with Crippen LogP contribution in [0.1, 0.15) is 54.1 Å². The Labute approximate surface area is 170 Å². The first kappa shape index (κ1) is 18.8. The van der Waals surface area contributed by atoms with Gasteiger partial charge in [-0.25, -0.2) is 0 Å². The zero-order valence-electron chi connectivity index (χ0n) is 15.9. The molecular formula is C21H24ClN3OS. The van der Waals surface area contributed by atoms with E-state index in [1.165, 1.54) is 12.0 Å². The van der Waals surface area contributed by atoms with E-state index in [-0.39, 0.29) is 5.91 Å². The number of aromatic nitrogens is 1. The third kappa shape index (κ3) is 3.26. The molecule has 0 spiro atoms. The second-order valence-corrected chi connectivity index (χ2v) is 9.09. The predicted octanol–water partition coefficient (Wildman–Crippen LogP) is 5.09. The highest BCUT2D eigenvalue weighted by Crippen LogP contribution is 2.43. The highest BCUT2D eigenvalue weighted by atomic mass is 35.5. The molecule has 2 aliphatic heterocycles. The number of piperidine rings is 1. The van der Waals surface area contributed by atoms with Gasteiger partial charge in [-0.05, 0) is 74.3 Å². The number of amides is 1. The van der Waals surface area contributed by atoms with Crippen LogP contribution in [0.25, 0.3) is 0 Å². The molecule has 1 saturated heterocycles. The summed E-state index contributed by atoms with van der Waals surface area (Å²) < 4.78 is 2.41. The maximum atomic E-state index is 13.2. The van der Waals surface area contributed by atoms with Gasteiger partial charge in [-0.1, -0.05) is 23.5 Å². The molecule has 0 N–H and O–H groups in total. The van der Waals surface area contributed by atoms with E-state index in [2.05, 4.69) is 35.5 Å². The minimum absolute atomic E-state index is 0.0139. The van der Waals surface area contributed by atoms with E-state index < -0.39 is 5.54 Å². The lowest BCUT2D eigenvalue weighted by Gasteiger charge is -2.34. The van der Waals surface area contributed by atoms with Crippen LogP contribution in [-0.2, 0) is 5.54 Å². The Balaban J connectivity index is 1.69. The van der Waals surface area contributed by atoms with Gasteiger partial charge < -0.3 is 0 Å². The molecule has 2 aromatic rings. The molecule has 3 heterocycles. The minimum atomic E-state index is -0.463. The van der Waals surface area contributed by atoms with Crippen molar-refractivity contribution in [1.82, 2.24) is 9.29 Å². The minimum Gasteiger partial charge on any atom is -0.297 e. The van der Waals surface area contributed by atoms with Gasteiger partial charge in [-0.15, -0.1) is 0 Å². The standard InChI is InChI=1S/C21H24ClN3OS/c1-21(2)19-10-16(22)6-7-18(19)20(26)25(21)17-9-15(11-23-12-17)14-5-4-8-24(13-14)27-3/h6-7,9-12,14H,4-5,8,13H2,1-3H3.